The molecule has 4 heteroatoms. The Labute approximate surface area is 132 Å². The minimum atomic E-state index is -0.210. The first-order valence-corrected chi connectivity index (χ1v) is 7.99. The highest BCUT2D eigenvalue weighted by Gasteiger charge is 2.11. The molecular formula is C17H15ClFNS. The summed E-state index contributed by atoms with van der Waals surface area (Å²) in [5.74, 6) is -0.210. The van der Waals surface area contributed by atoms with Crippen molar-refractivity contribution in [3.05, 3.63) is 69.8 Å². The maximum atomic E-state index is 12.9. The van der Waals surface area contributed by atoms with Crippen molar-refractivity contribution >= 4 is 33.0 Å². The average Bonchev–Trinajstić information content (AvgIpc) is 2.82. The third kappa shape index (κ3) is 3.10. The summed E-state index contributed by atoms with van der Waals surface area (Å²) in [5.41, 5.74) is 1.06. The maximum Gasteiger partial charge on any atom is 0.123 e. The predicted octanol–water partition coefficient (Wildman–Crippen LogP) is 5.54. The smallest absolute Gasteiger partial charge is 0.123 e. The Bertz CT molecular complexity index is 751. The highest BCUT2D eigenvalue weighted by molar-refractivity contribution is 7.19. The Morgan fingerprint density at radius 2 is 1.86 bits per heavy atom. The molecule has 0 bridgehead atoms. The van der Waals surface area contributed by atoms with Gasteiger partial charge in [0.1, 0.15) is 5.82 Å². The molecule has 0 saturated carbocycles. The second-order valence-electron chi connectivity index (χ2n) is 4.99. The number of hydrogen-bond acceptors (Lipinski definition) is 2. The quantitative estimate of drug-likeness (QED) is 0.665. The van der Waals surface area contributed by atoms with Crippen LogP contribution in [0.1, 0.15) is 23.4 Å². The summed E-state index contributed by atoms with van der Waals surface area (Å²) in [5, 5.41) is 5.37. The van der Waals surface area contributed by atoms with Gasteiger partial charge in [-0.25, -0.2) is 4.39 Å². The van der Waals surface area contributed by atoms with Crippen LogP contribution >= 0.6 is 22.9 Å². The van der Waals surface area contributed by atoms with Crippen molar-refractivity contribution in [2.45, 2.75) is 19.5 Å². The Kier molecular flexibility index (Phi) is 4.24. The van der Waals surface area contributed by atoms with Crippen LogP contribution in [0.3, 0.4) is 0 Å². The van der Waals surface area contributed by atoms with E-state index in [1.165, 1.54) is 16.8 Å². The van der Waals surface area contributed by atoms with Crippen LogP contribution in [0.25, 0.3) is 10.1 Å². The molecule has 108 valence electrons. The molecule has 1 N–H and O–H groups in total. The zero-order valence-corrected chi connectivity index (χ0v) is 13.1. The molecule has 0 aliphatic heterocycles. The SMILES string of the molecule is C[C@@H](NCc1sc2ccccc2c1Cl)c1ccc(F)cc1. The average molecular weight is 320 g/mol. The van der Waals surface area contributed by atoms with Gasteiger partial charge in [0.25, 0.3) is 0 Å². The van der Waals surface area contributed by atoms with Crippen LogP contribution in [0.4, 0.5) is 4.39 Å². The van der Waals surface area contributed by atoms with E-state index in [1.807, 2.05) is 18.2 Å². The van der Waals surface area contributed by atoms with Crippen molar-refractivity contribution in [1.82, 2.24) is 5.32 Å². The first-order chi connectivity index (χ1) is 10.1. The summed E-state index contributed by atoms with van der Waals surface area (Å²) in [6.45, 7) is 2.77. The summed E-state index contributed by atoms with van der Waals surface area (Å²) in [4.78, 5) is 1.13. The zero-order valence-electron chi connectivity index (χ0n) is 11.6. The zero-order chi connectivity index (χ0) is 14.8. The molecule has 2 aromatic carbocycles. The number of nitrogens with one attached hydrogen (secondary N) is 1. The van der Waals surface area contributed by atoms with Crippen LogP contribution in [0, 0.1) is 5.82 Å². The molecule has 0 aliphatic rings. The summed E-state index contributed by atoms with van der Waals surface area (Å²) in [6.07, 6.45) is 0. The van der Waals surface area contributed by atoms with Gasteiger partial charge in [0.15, 0.2) is 0 Å². The fourth-order valence-corrected chi connectivity index (χ4v) is 3.74. The highest BCUT2D eigenvalue weighted by atomic mass is 35.5. The molecule has 1 nitrogen and oxygen atoms in total. The molecule has 0 radical (unpaired) electrons. The van der Waals surface area contributed by atoms with Crippen molar-refractivity contribution in [2.75, 3.05) is 0 Å². The lowest BCUT2D eigenvalue weighted by molar-refractivity contribution is 0.575. The Morgan fingerprint density at radius 1 is 1.14 bits per heavy atom. The minimum absolute atomic E-state index is 0.145. The summed E-state index contributed by atoms with van der Waals surface area (Å²) < 4.78 is 14.1. The normalized spacial score (nSPS) is 12.7. The van der Waals surface area contributed by atoms with Crippen LogP contribution in [0.15, 0.2) is 48.5 Å². The second kappa shape index (κ2) is 6.14. The lowest BCUT2D eigenvalue weighted by atomic mass is 10.1. The fourth-order valence-electron chi connectivity index (χ4n) is 2.29. The van der Waals surface area contributed by atoms with Gasteiger partial charge in [0.2, 0.25) is 0 Å². The Balaban J connectivity index is 1.74. The van der Waals surface area contributed by atoms with E-state index in [4.69, 9.17) is 11.6 Å². The summed E-state index contributed by atoms with van der Waals surface area (Å²) in [7, 11) is 0. The van der Waals surface area contributed by atoms with E-state index in [2.05, 4.69) is 18.3 Å². The topological polar surface area (TPSA) is 12.0 Å². The van der Waals surface area contributed by atoms with Gasteiger partial charge < -0.3 is 5.32 Å². The van der Waals surface area contributed by atoms with E-state index in [-0.39, 0.29) is 11.9 Å². The molecular weight excluding hydrogens is 305 g/mol. The second-order valence-corrected chi connectivity index (χ2v) is 6.50. The third-order valence-electron chi connectivity index (χ3n) is 3.54. The molecule has 1 atom stereocenters. The van der Waals surface area contributed by atoms with Gasteiger partial charge in [-0.1, -0.05) is 41.9 Å². The van der Waals surface area contributed by atoms with Gasteiger partial charge in [-0.2, -0.15) is 0 Å². The van der Waals surface area contributed by atoms with E-state index in [0.717, 1.165) is 20.8 Å². The molecule has 21 heavy (non-hydrogen) atoms. The first kappa shape index (κ1) is 14.5. The number of fused-ring (bicyclic) bond motifs is 1. The molecule has 3 aromatic rings. The van der Waals surface area contributed by atoms with Crippen LogP contribution in [-0.4, -0.2) is 0 Å². The summed E-state index contributed by atoms with van der Waals surface area (Å²) >= 11 is 8.14. The summed E-state index contributed by atoms with van der Waals surface area (Å²) in [6, 6.07) is 14.9. The molecule has 0 saturated heterocycles. The van der Waals surface area contributed by atoms with E-state index < -0.39 is 0 Å². The molecule has 0 aliphatic carbocycles. The molecule has 0 fully saturated rings. The van der Waals surface area contributed by atoms with Crippen LogP contribution in [0.2, 0.25) is 5.02 Å². The fraction of sp³-hybridized carbons (Fsp3) is 0.176. The molecule has 1 heterocycles. The Morgan fingerprint density at radius 3 is 2.57 bits per heavy atom. The van der Waals surface area contributed by atoms with Crippen LogP contribution < -0.4 is 5.32 Å². The molecule has 0 unspecified atom stereocenters. The lowest BCUT2D eigenvalue weighted by Gasteiger charge is -2.13. The van der Waals surface area contributed by atoms with Gasteiger partial charge in [-0.05, 0) is 30.7 Å². The van der Waals surface area contributed by atoms with Gasteiger partial charge in [0, 0.05) is 27.5 Å². The lowest BCUT2D eigenvalue weighted by Crippen LogP contribution is -2.17. The van der Waals surface area contributed by atoms with Gasteiger partial charge in [-0.3, -0.25) is 0 Å². The number of rotatable bonds is 4. The largest absolute Gasteiger partial charge is 0.305 e. The molecule has 3 rings (SSSR count). The third-order valence-corrected chi connectivity index (χ3v) is 5.25. The van der Waals surface area contributed by atoms with Gasteiger partial charge >= 0.3 is 0 Å². The highest BCUT2D eigenvalue weighted by Crippen LogP contribution is 2.35. The van der Waals surface area contributed by atoms with Crippen LogP contribution in [-0.2, 0) is 6.54 Å². The van der Waals surface area contributed by atoms with E-state index in [1.54, 1.807) is 23.5 Å². The number of hydrogen-bond donors (Lipinski definition) is 1. The monoisotopic (exact) mass is 319 g/mol. The first-order valence-electron chi connectivity index (χ1n) is 6.80. The molecule has 0 spiro atoms. The van der Waals surface area contributed by atoms with E-state index in [0.29, 0.717) is 6.54 Å². The van der Waals surface area contributed by atoms with Crippen molar-refractivity contribution in [1.29, 1.82) is 0 Å². The van der Waals surface area contributed by atoms with E-state index in [9.17, 15) is 4.39 Å². The number of halogens is 2. The molecule has 1 aromatic heterocycles. The number of benzene rings is 2. The number of thiophene rings is 1. The van der Waals surface area contributed by atoms with Gasteiger partial charge in [-0.15, -0.1) is 11.3 Å². The van der Waals surface area contributed by atoms with Crippen LogP contribution in [0.5, 0.6) is 0 Å². The standard InChI is InChI=1S/C17H15ClFNS/c1-11(12-6-8-13(19)9-7-12)20-10-16-17(18)14-4-2-3-5-15(14)21-16/h2-9,11,20H,10H2,1H3/t11-/m1/s1. The molecule has 0 amide bonds. The Hall–Kier alpha value is -1.42. The van der Waals surface area contributed by atoms with Gasteiger partial charge in [0.05, 0.1) is 5.02 Å². The minimum Gasteiger partial charge on any atom is -0.305 e. The predicted molar refractivity (Wildman–Crippen MR) is 88.5 cm³/mol. The van der Waals surface area contributed by atoms with Crippen molar-refractivity contribution in [3.8, 4) is 0 Å². The van der Waals surface area contributed by atoms with E-state index >= 15 is 0 Å². The van der Waals surface area contributed by atoms with Crippen molar-refractivity contribution in [2.24, 2.45) is 0 Å². The van der Waals surface area contributed by atoms with Crippen molar-refractivity contribution in [3.63, 3.8) is 0 Å². The maximum absolute atomic E-state index is 12.9. The van der Waals surface area contributed by atoms with Crippen molar-refractivity contribution < 1.29 is 4.39 Å².